The second-order valence-corrected chi connectivity index (χ2v) is 10.4. The van der Waals surface area contributed by atoms with Crippen LogP contribution in [0.2, 0.25) is 0 Å². The van der Waals surface area contributed by atoms with E-state index in [-0.39, 0.29) is 11.9 Å². The van der Waals surface area contributed by atoms with Crippen LogP contribution in [0.15, 0.2) is 53.4 Å². The van der Waals surface area contributed by atoms with Crippen molar-refractivity contribution in [2.24, 2.45) is 11.8 Å². The first-order valence-electron chi connectivity index (χ1n) is 10.9. The van der Waals surface area contributed by atoms with Gasteiger partial charge in [0.05, 0.1) is 6.04 Å². The third kappa shape index (κ3) is 3.61. The van der Waals surface area contributed by atoms with Gasteiger partial charge >= 0.3 is 6.09 Å². The number of carbonyl (C=O) groups is 2. The fourth-order valence-electron chi connectivity index (χ4n) is 4.85. The summed E-state index contributed by atoms with van der Waals surface area (Å²) in [4.78, 5) is 34.4. The van der Waals surface area contributed by atoms with Crippen molar-refractivity contribution in [2.45, 2.75) is 19.4 Å². The SMILES string of the molecule is Cc1nc2sccn2c1OC(=O)NC[C@@H]1[C@H]2C[C@H]2CN1C(=O)c1ccccc1-c1cccs1. The number of imidazole rings is 1. The Bertz CT molecular complexity index is 1340. The topological polar surface area (TPSA) is 75.9 Å². The molecule has 1 aromatic carbocycles. The summed E-state index contributed by atoms with van der Waals surface area (Å²) in [5.41, 5.74) is 2.34. The normalized spacial score (nSPS) is 21.2. The first kappa shape index (κ1) is 20.4. The summed E-state index contributed by atoms with van der Waals surface area (Å²) in [5, 5.41) is 6.81. The summed E-state index contributed by atoms with van der Waals surface area (Å²) in [6.45, 7) is 2.93. The zero-order valence-electron chi connectivity index (χ0n) is 17.9. The van der Waals surface area contributed by atoms with Gasteiger partial charge in [-0.2, -0.15) is 0 Å². The highest BCUT2D eigenvalue weighted by atomic mass is 32.1. The number of carbonyl (C=O) groups excluding carboxylic acids is 2. The largest absolute Gasteiger partial charge is 0.414 e. The van der Waals surface area contributed by atoms with Gasteiger partial charge in [0.25, 0.3) is 5.91 Å². The van der Waals surface area contributed by atoms with Crippen molar-refractivity contribution in [2.75, 3.05) is 13.1 Å². The Morgan fingerprint density at radius 1 is 1.18 bits per heavy atom. The van der Waals surface area contributed by atoms with Crippen molar-refractivity contribution in [3.8, 4) is 16.3 Å². The Labute approximate surface area is 198 Å². The van der Waals surface area contributed by atoms with Crippen molar-refractivity contribution in [1.82, 2.24) is 19.6 Å². The number of likely N-dealkylation sites (tertiary alicyclic amines) is 1. The number of fused-ring (bicyclic) bond motifs is 2. The van der Waals surface area contributed by atoms with Crippen LogP contribution >= 0.6 is 22.7 Å². The minimum absolute atomic E-state index is 0.0259. The molecule has 0 bridgehead atoms. The van der Waals surface area contributed by atoms with Gasteiger partial charge in [0, 0.05) is 40.7 Å². The quantitative estimate of drug-likeness (QED) is 0.452. The highest BCUT2D eigenvalue weighted by Gasteiger charge is 2.54. The molecule has 2 fully saturated rings. The minimum Gasteiger partial charge on any atom is -0.391 e. The van der Waals surface area contributed by atoms with E-state index in [1.165, 1.54) is 11.3 Å². The number of nitrogens with one attached hydrogen (secondary N) is 1. The molecule has 1 N–H and O–H groups in total. The number of nitrogens with zero attached hydrogens (tertiary/aromatic N) is 3. The van der Waals surface area contributed by atoms with Gasteiger partial charge in [0.2, 0.25) is 5.88 Å². The van der Waals surface area contributed by atoms with Crippen LogP contribution in [0, 0.1) is 18.8 Å². The van der Waals surface area contributed by atoms with Crippen LogP contribution in [0.5, 0.6) is 5.88 Å². The first-order valence-corrected chi connectivity index (χ1v) is 12.7. The van der Waals surface area contributed by atoms with Gasteiger partial charge in [-0.25, -0.2) is 9.78 Å². The molecule has 3 aromatic heterocycles. The third-order valence-corrected chi connectivity index (χ3v) is 8.19. The van der Waals surface area contributed by atoms with Gasteiger partial charge in [-0.05, 0) is 42.7 Å². The Balaban J connectivity index is 1.17. The maximum atomic E-state index is 13.6. The fraction of sp³-hybridized carbons (Fsp3) is 0.292. The minimum atomic E-state index is -0.526. The number of ether oxygens (including phenoxy) is 1. The molecule has 4 heterocycles. The summed E-state index contributed by atoms with van der Waals surface area (Å²) < 4.78 is 7.34. The zero-order chi connectivity index (χ0) is 22.5. The lowest BCUT2D eigenvalue weighted by molar-refractivity contribution is 0.0705. The Morgan fingerprint density at radius 2 is 2.06 bits per heavy atom. The van der Waals surface area contributed by atoms with Gasteiger partial charge in [-0.1, -0.05) is 24.3 Å². The Kier molecular flexibility index (Phi) is 4.95. The molecule has 1 saturated heterocycles. The standard InChI is InChI=1S/C24H22N4O3S2/c1-14-22(27-8-10-33-23(27)26-14)31-24(30)25-12-19-18-11-15(18)13-28(19)21(29)17-6-3-2-5-16(17)20-7-4-9-32-20/h2-10,15,18-19H,11-13H2,1H3,(H,25,30)/t15-,18-,19+/m0/s1. The second-order valence-electron chi connectivity index (χ2n) is 8.54. The summed E-state index contributed by atoms with van der Waals surface area (Å²) in [6.07, 6.45) is 2.41. The molecule has 0 unspecified atom stereocenters. The van der Waals surface area contributed by atoms with Crippen LogP contribution in [0.25, 0.3) is 15.4 Å². The third-order valence-electron chi connectivity index (χ3n) is 6.53. The first-order chi connectivity index (χ1) is 16.1. The lowest BCUT2D eigenvalue weighted by Crippen LogP contribution is -2.46. The molecule has 9 heteroatoms. The van der Waals surface area contributed by atoms with Crippen LogP contribution in [0.1, 0.15) is 22.5 Å². The number of hydrogen-bond donors (Lipinski definition) is 1. The van der Waals surface area contributed by atoms with Crippen molar-refractivity contribution in [3.63, 3.8) is 0 Å². The molecular formula is C24H22N4O3S2. The lowest BCUT2D eigenvalue weighted by Gasteiger charge is -2.28. The van der Waals surface area contributed by atoms with Crippen LogP contribution in [0.3, 0.4) is 0 Å². The number of thiophene rings is 1. The molecule has 3 atom stereocenters. The number of benzene rings is 1. The molecule has 1 aliphatic carbocycles. The number of aromatic nitrogens is 2. The van der Waals surface area contributed by atoms with E-state index in [0.29, 0.717) is 35.5 Å². The number of rotatable bonds is 5. The van der Waals surface area contributed by atoms with Crippen molar-refractivity contribution < 1.29 is 14.3 Å². The van der Waals surface area contributed by atoms with E-state index in [9.17, 15) is 9.59 Å². The molecule has 6 rings (SSSR count). The molecule has 2 aliphatic rings. The maximum absolute atomic E-state index is 13.6. The number of thiazole rings is 1. The highest BCUT2D eigenvalue weighted by molar-refractivity contribution is 7.15. The molecule has 7 nitrogen and oxygen atoms in total. The van der Waals surface area contributed by atoms with Gasteiger partial charge in [-0.3, -0.25) is 9.20 Å². The van der Waals surface area contributed by atoms with Crippen LogP contribution < -0.4 is 10.1 Å². The van der Waals surface area contributed by atoms with E-state index in [0.717, 1.165) is 28.4 Å². The average Bonchev–Trinajstić information content (AvgIpc) is 3.26. The molecule has 4 aromatic rings. The molecule has 168 valence electrons. The van der Waals surface area contributed by atoms with E-state index in [4.69, 9.17) is 4.74 Å². The zero-order valence-corrected chi connectivity index (χ0v) is 19.6. The fourth-order valence-corrected chi connectivity index (χ4v) is 6.36. The van der Waals surface area contributed by atoms with Crippen molar-refractivity contribution >= 4 is 39.6 Å². The van der Waals surface area contributed by atoms with Crippen molar-refractivity contribution in [3.05, 3.63) is 64.6 Å². The van der Waals surface area contributed by atoms with Crippen LogP contribution in [-0.2, 0) is 0 Å². The van der Waals surface area contributed by atoms with Gasteiger partial charge in [0.15, 0.2) is 4.96 Å². The Hall–Kier alpha value is -3.17. The number of hydrogen-bond acceptors (Lipinski definition) is 6. The van der Waals surface area contributed by atoms with E-state index in [2.05, 4.69) is 10.3 Å². The monoisotopic (exact) mass is 478 g/mol. The maximum Gasteiger partial charge on any atom is 0.414 e. The van der Waals surface area contributed by atoms with Crippen LogP contribution in [0.4, 0.5) is 4.79 Å². The van der Waals surface area contributed by atoms with Gasteiger partial charge in [-0.15, -0.1) is 22.7 Å². The molecule has 2 amide bonds. The highest BCUT2D eigenvalue weighted by Crippen LogP contribution is 2.50. The molecule has 1 aliphatic heterocycles. The number of amides is 2. The predicted molar refractivity (Wildman–Crippen MR) is 128 cm³/mol. The van der Waals surface area contributed by atoms with Crippen LogP contribution in [-0.4, -0.2) is 45.4 Å². The molecule has 1 saturated carbocycles. The van der Waals surface area contributed by atoms with E-state index in [1.807, 2.05) is 65.2 Å². The average molecular weight is 479 g/mol. The summed E-state index contributed by atoms with van der Waals surface area (Å²) >= 11 is 3.12. The summed E-state index contributed by atoms with van der Waals surface area (Å²) in [7, 11) is 0. The summed E-state index contributed by atoms with van der Waals surface area (Å²) in [5.74, 6) is 1.41. The lowest BCUT2D eigenvalue weighted by atomic mass is 10.0. The van der Waals surface area contributed by atoms with E-state index < -0.39 is 6.09 Å². The van der Waals surface area contributed by atoms with Gasteiger partial charge in [0.1, 0.15) is 5.69 Å². The molecule has 33 heavy (non-hydrogen) atoms. The molecular weight excluding hydrogens is 456 g/mol. The second kappa shape index (κ2) is 8.00. The Morgan fingerprint density at radius 3 is 2.91 bits per heavy atom. The number of piperidine rings is 1. The number of aryl methyl sites for hydroxylation is 1. The van der Waals surface area contributed by atoms with E-state index >= 15 is 0 Å². The smallest absolute Gasteiger partial charge is 0.391 e. The van der Waals surface area contributed by atoms with Gasteiger partial charge < -0.3 is 15.0 Å². The predicted octanol–water partition coefficient (Wildman–Crippen LogP) is 4.68. The molecule has 0 radical (unpaired) electrons. The summed E-state index contributed by atoms with van der Waals surface area (Å²) in [6, 6.07) is 11.8. The molecule has 0 spiro atoms. The van der Waals surface area contributed by atoms with Crippen molar-refractivity contribution in [1.29, 1.82) is 0 Å². The van der Waals surface area contributed by atoms with E-state index in [1.54, 1.807) is 15.7 Å².